The van der Waals surface area contributed by atoms with E-state index in [1.54, 1.807) is 0 Å². The lowest BCUT2D eigenvalue weighted by Gasteiger charge is -2.36. The molecule has 0 aliphatic carbocycles. The van der Waals surface area contributed by atoms with E-state index in [0.29, 0.717) is 0 Å². The van der Waals surface area contributed by atoms with E-state index in [1.165, 1.54) is 230 Å². The largest absolute Gasteiger partial charge is 0.822 e. The molecule has 0 aromatic heterocycles. The van der Waals surface area contributed by atoms with Crippen molar-refractivity contribution >= 4 is 35.5 Å². The van der Waals surface area contributed by atoms with Crippen LogP contribution < -0.4 is 14.7 Å². The van der Waals surface area contributed by atoms with Crippen LogP contribution >= 0.6 is 35.5 Å². The third-order valence-corrected chi connectivity index (χ3v) is 10.1. The molecule has 0 saturated heterocycles. The molecule has 8 heteroatoms. The van der Waals surface area contributed by atoms with Gasteiger partial charge in [-0.3, -0.25) is 0 Å². The van der Waals surface area contributed by atoms with Gasteiger partial charge in [0.1, 0.15) is 0 Å². The highest BCUT2D eigenvalue weighted by molar-refractivity contribution is 7.40. The van der Waals surface area contributed by atoms with Gasteiger partial charge < -0.3 is 19.2 Å². The molecule has 0 saturated carbocycles. The van der Waals surface area contributed by atoms with Crippen molar-refractivity contribution in [3.05, 3.63) is 0 Å². The molecular formula is C39H90O4P4. The molecule has 0 N–H and O–H groups in total. The van der Waals surface area contributed by atoms with E-state index in [2.05, 4.69) is 48.5 Å². The summed E-state index contributed by atoms with van der Waals surface area (Å²) in [5, 5.41) is 0. The Morgan fingerprint density at radius 1 is 0.298 bits per heavy atom. The summed E-state index contributed by atoms with van der Waals surface area (Å²) >= 11 is 0. The van der Waals surface area contributed by atoms with E-state index < -0.39 is 7.82 Å². The summed E-state index contributed by atoms with van der Waals surface area (Å²) in [5.74, 6) is 0. The van der Waals surface area contributed by atoms with Gasteiger partial charge in [0.15, 0.2) is 0 Å². The van der Waals surface area contributed by atoms with E-state index >= 15 is 0 Å². The Hall–Kier alpha value is 1.40. The minimum Gasteiger partial charge on any atom is -0.822 e. The summed E-state index contributed by atoms with van der Waals surface area (Å²) in [6, 6.07) is 0. The third-order valence-electron chi connectivity index (χ3n) is 8.56. The van der Waals surface area contributed by atoms with Crippen molar-refractivity contribution in [1.82, 2.24) is 0 Å². The van der Waals surface area contributed by atoms with Gasteiger partial charge in [0.2, 0.25) is 0 Å². The second-order valence-electron chi connectivity index (χ2n) is 13.6. The normalized spacial score (nSPS) is 11.0. The van der Waals surface area contributed by atoms with Crippen molar-refractivity contribution in [2.45, 2.75) is 233 Å². The Morgan fingerprint density at radius 3 is 0.511 bits per heavy atom. The molecule has 0 amide bonds. The second-order valence-corrected chi connectivity index (χ2v) is 16.6. The first-order chi connectivity index (χ1) is 22.7. The Morgan fingerprint density at radius 2 is 0.404 bits per heavy atom. The highest BCUT2D eigenvalue weighted by Crippen LogP contribution is 2.13. The number of unbranched alkanes of at least 4 members (excludes halogenated alkanes) is 30. The van der Waals surface area contributed by atoms with Gasteiger partial charge >= 0.3 is 0 Å². The highest BCUT2D eigenvalue weighted by atomic mass is 31.2. The molecule has 0 rings (SSSR count). The average molecular weight is 747 g/mol. The van der Waals surface area contributed by atoms with Gasteiger partial charge in [-0.1, -0.05) is 194 Å². The molecule has 0 bridgehead atoms. The van der Waals surface area contributed by atoms with Crippen molar-refractivity contribution in [3.63, 3.8) is 0 Å². The number of phosphoric acid groups is 1. The fourth-order valence-electron chi connectivity index (χ4n) is 5.52. The topological polar surface area (TPSA) is 86.2 Å². The lowest BCUT2D eigenvalue weighted by Crippen LogP contribution is -2.24. The number of hydrogen-bond acceptors (Lipinski definition) is 4. The Labute approximate surface area is 305 Å². The minimum atomic E-state index is -5.39. The molecule has 0 fully saturated rings. The first kappa shape index (κ1) is 55.2. The van der Waals surface area contributed by atoms with Crippen LogP contribution in [0.2, 0.25) is 0 Å². The minimum absolute atomic E-state index is 1.37. The van der Waals surface area contributed by atoms with Gasteiger partial charge in [-0.05, 0) is 66.2 Å². The monoisotopic (exact) mass is 747 g/mol. The van der Waals surface area contributed by atoms with E-state index in [-0.39, 0.29) is 0 Å². The molecule has 47 heavy (non-hydrogen) atoms. The molecule has 3 unspecified atom stereocenters. The summed E-state index contributed by atoms with van der Waals surface area (Å²) in [6.45, 7) is 6.86. The molecule has 3 atom stereocenters. The van der Waals surface area contributed by atoms with Crippen LogP contribution in [0.15, 0.2) is 0 Å². The standard InChI is InChI=1S/3C13H29P.H3O4P/c3*1-2-3-4-5-6-7-8-9-10-11-12-13-14;1-5(2,3)4/h3*2-14H2,1H3;(H3,1,2,3,4). The van der Waals surface area contributed by atoms with Gasteiger partial charge in [0.25, 0.3) is 0 Å². The molecule has 0 aliphatic heterocycles. The first-order valence-electron chi connectivity index (χ1n) is 20.9. The van der Waals surface area contributed by atoms with Gasteiger partial charge in [-0.15, -0.1) is 0 Å². The summed E-state index contributed by atoms with van der Waals surface area (Å²) in [5.41, 5.74) is 0. The van der Waals surface area contributed by atoms with Crippen LogP contribution in [-0.2, 0) is 4.57 Å². The summed E-state index contributed by atoms with van der Waals surface area (Å²) in [6.07, 6.45) is 52.5. The summed E-state index contributed by atoms with van der Waals surface area (Å²) < 4.78 is 8.55. The first-order valence-corrected chi connectivity index (χ1v) is 25.3. The van der Waals surface area contributed by atoms with Crippen LogP contribution in [0.1, 0.15) is 233 Å². The lowest BCUT2D eigenvalue weighted by atomic mass is 10.1. The molecule has 0 aliphatic rings. The maximum absolute atomic E-state index is 8.55. The van der Waals surface area contributed by atoms with Crippen molar-refractivity contribution in [2.75, 3.05) is 18.5 Å². The second kappa shape index (κ2) is 54.2. The zero-order chi connectivity index (χ0) is 36.0. The summed E-state index contributed by atoms with van der Waals surface area (Å²) in [7, 11) is 0.942. The maximum atomic E-state index is 8.55. The van der Waals surface area contributed by atoms with Crippen LogP contribution in [0.25, 0.3) is 0 Å². The quantitative estimate of drug-likeness (QED) is 0.0494. The van der Waals surface area contributed by atoms with Gasteiger partial charge in [-0.2, -0.15) is 7.82 Å². The average Bonchev–Trinajstić information content (AvgIpc) is 3.04. The molecule has 0 aromatic carbocycles. The Balaban J connectivity index is -0.000000275. The molecular weight excluding hydrogens is 656 g/mol. The van der Waals surface area contributed by atoms with Crippen LogP contribution in [0, 0.1) is 0 Å². The van der Waals surface area contributed by atoms with Gasteiger partial charge in [-0.25, -0.2) is 0 Å². The van der Waals surface area contributed by atoms with E-state index in [0.717, 1.165) is 0 Å². The Bertz CT molecular complexity index is 434. The van der Waals surface area contributed by atoms with Crippen LogP contribution in [0.4, 0.5) is 0 Å². The zero-order valence-electron chi connectivity index (χ0n) is 32.7. The van der Waals surface area contributed by atoms with Crippen molar-refractivity contribution < 1.29 is 19.2 Å². The molecule has 0 radical (unpaired) electrons. The van der Waals surface area contributed by atoms with Crippen molar-refractivity contribution in [3.8, 4) is 0 Å². The van der Waals surface area contributed by atoms with Gasteiger partial charge in [0.05, 0.1) is 18.5 Å². The fourth-order valence-corrected chi connectivity index (χ4v) is 6.58. The van der Waals surface area contributed by atoms with E-state index in [4.69, 9.17) is 19.2 Å². The lowest BCUT2D eigenvalue weighted by molar-refractivity contribution is -0.432. The predicted molar refractivity (Wildman–Crippen MR) is 225 cm³/mol. The predicted octanol–water partition coefficient (Wildman–Crippen LogP) is 11.9. The maximum Gasteiger partial charge on any atom is 0.0526 e. The van der Waals surface area contributed by atoms with E-state index in [9.17, 15) is 0 Å². The molecule has 4 nitrogen and oxygen atoms in total. The van der Waals surface area contributed by atoms with Crippen LogP contribution in [-0.4, -0.2) is 18.5 Å². The zero-order valence-corrected chi connectivity index (χ0v) is 37.8. The molecule has 0 heterocycles. The SMILES string of the molecule is CCCCCCCCCCCCC[PH3+].CCCCCCCCCCCCC[PH3+].CCCCCCCCCCCCC[PH3+].O=P([O-])([O-])[O-]. The van der Waals surface area contributed by atoms with Crippen molar-refractivity contribution in [2.24, 2.45) is 0 Å². The highest BCUT2D eigenvalue weighted by Gasteiger charge is 1.94. The Kier molecular flexibility index (Phi) is 63.6. The molecule has 290 valence electrons. The van der Waals surface area contributed by atoms with Crippen LogP contribution in [0.3, 0.4) is 0 Å². The smallest absolute Gasteiger partial charge is 0.0526 e. The van der Waals surface area contributed by atoms with Gasteiger partial charge in [0, 0.05) is 0 Å². The summed E-state index contributed by atoms with van der Waals surface area (Å²) in [4.78, 5) is 25.6. The number of rotatable bonds is 33. The van der Waals surface area contributed by atoms with Crippen LogP contribution in [0.5, 0.6) is 0 Å². The van der Waals surface area contributed by atoms with E-state index in [1.807, 2.05) is 0 Å². The third kappa shape index (κ3) is 82.6. The fraction of sp³-hybridized carbons (Fsp3) is 1.00. The molecule has 0 spiro atoms. The molecule has 0 aromatic rings. The number of hydrogen-bond donors (Lipinski definition) is 0. The van der Waals surface area contributed by atoms with Crippen molar-refractivity contribution in [1.29, 1.82) is 0 Å².